The van der Waals surface area contributed by atoms with Crippen LogP contribution < -0.4 is 5.32 Å². The second kappa shape index (κ2) is 33.0. The fraction of sp³-hybridized carbons (Fsp3) is 0.955. The van der Waals surface area contributed by atoms with Gasteiger partial charge < -0.3 is 169 Å². The van der Waals surface area contributed by atoms with Crippen molar-refractivity contribution in [2.45, 2.75) is 321 Å². The molecule has 0 aromatic heterocycles. The van der Waals surface area contributed by atoms with Gasteiger partial charge in [-0.3, -0.25) is 4.79 Å². The third-order valence-electron chi connectivity index (χ3n) is 23.5. The summed E-state index contributed by atoms with van der Waals surface area (Å²) in [5, 5.41) is 233. The van der Waals surface area contributed by atoms with Gasteiger partial charge in [0.25, 0.3) is 0 Å². The number of hydrogen-bond acceptors (Lipinski definition) is 34. The average Bonchev–Trinajstić information content (AvgIpc) is 1.60. The summed E-state index contributed by atoms with van der Waals surface area (Å²) in [6.45, 7) is 11.4. The summed E-state index contributed by atoms with van der Waals surface area (Å²) >= 11 is 0. The molecule has 9 aliphatic rings. The summed E-state index contributed by atoms with van der Waals surface area (Å²) in [6.07, 6.45) is -46.7. The first kappa shape index (κ1) is 82.9. The summed E-state index contributed by atoms with van der Waals surface area (Å²) in [4.78, 5) is 12.9. The third kappa shape index (κ3) is 17.0. The molecule has 9 rings (SSSR count). The van der Waals surface area contributed by atoms with Crippen LogP contribution in [0.1, 0.15) is 114 Å². The van der Waals surface area contributed by atoms with Gasteiger partial charge in [-0.05, 0) is 107 Å². The van der Waals surface area contributed by atoms with Crippen molar-refractivity contribution in [3.63, 3.8) is 0 Å². The van der Waals surface area contributed by atoms with Gasteiger partial charge in [0.2, 0.25) is 5.91 Å². The standard InChI is InChI=1S/C66H113NO34/c1-25(17-29(72)55(87)66(9,89)24-93-59-50(86)45(81)42(78)32(19-68)96-59)11-10-14-65(8,88)54-28(71)18-36-63(6)16-13-37(62(4,5)35(63)12-15-64(36,54)7)98-61-53(47(83)43(79)34(97-61)23-92-57-48(84)40(76)30(73)21-90-57)101-60-52(46(82)39(75)26(2)94-60)100-56-38(67-27(3)70)51(44(80)33(20-69)95-56)99-58-49(85)41(77)31(74)22-91-58/h11,26,28-61,68-69,71-89H,10,12-24H2,1-9H3,(H,67,70)/b25-11+/t26-,28+,29-,30+,31-,32+,33+,34+,35-,36+,37-,38+,39-,40-,41-,42+,43+,44+,45-,46+,47-,48+,49+,50+,51+,52+,53+,54+,55+,56-,57-,58-,59+,60-,61-,63-,64+,65+,66-/m0/s1. The van der Waals surface area contributed by atoms with Gasteiger partial charge in [-0.15, -0.1) is 0 Å². The average molecular weight is 1460 g/mol. The molecule has 35 heteroatoms. The van der Waals surface area contributed by atoms with Crippen LogP contribution in [0.3, 0.4) is 0 Å². The largest absolute Gasteiger partial charge is 0.394 e. The highest BCUT2D eigenvalue weighted by Gasteiger charge is 2.69. The Hall–Kier alpha value is -2.11. The number of ether oxygens (including phenoxy) is 12. The molecule has 101 heavy (non-hydrogen) atoms. The van der Waals surface area contributed by atoms with Crippen molar-refractivity contribution in [1.82, 2.24) is 5.32 Å². The normalized spacial score (nSPS) is 49.3. The minimum Gasteiger partial charge on any atom is -0.394 e. The number of carbonyl (C=O) groups excluding carboxylic acids is 1. The molecule has 586 valence electrons. The first-order valence-corrected chi connectivity index (χ1v) is 35.0. The lowest BCUT2D eigenvalue weighted by molar-refractivity contribution is -0.396. The van der Waals surface area contributed by atoms with Crippen LogP contribution in [0.5, 0.6) is 0 Å². The van der Waals surface area contributed by atoms with E-state index in [1.165, 1.54) is 13.8 Å². The predicted molar refractivity (Wildman–Crippen MR) is 337 cm³/mol. The molecule has 0 bridgehead atoms. The van der Waals surface area contributed by atoms with E-state index in [1.807, 2.05) is 13.8 Å². The Morgan fingerprint density at radius 1 is 0.564 bits per heavy atom. The smallest absolute Gasteiger partial charge is 0.217 e. The molecular formula is C66H113NO34. The summed E-state index contributed by atoms with van der Waals surface area (Å²) in [7, 11) is 0. The lowest BCUT2D eigenvalue weighted by Crippen LogP contribution is -2.69. The fourth-order valence-corrected chi connectivity index (χ4v) is 17.8. The number of hydrogen-bond donors (Lipinski definition) is 22. The number of carbonyl (C=O) groups is 1. The Morgan fingerprint density at radius 2 is 1.09 bits per heavy atom. The van der Waals surface area contributed by atoms with Gasteiger partial charge in [-0.25, -0.2) is 0 Å². The summed E-state index contributed by atoms with van der Waals surface area (Å²) in [6, 6.07) is -1.63. The van der Waals surface area contributed by atoms with E-state index >= 15 is 0 Å². The van der Waals surface area contributed by atoms with Gasteiger partial charge in [0.1, 0.15) is 140 Å². The number of aliphatic hydroxyl groups is 21. The molecule has 6 heterocycles. The first-order valence-electron chi connectivity index (χ1n) is 35.0. The maximum atomic E-state index is 12.9. The Morgan fingerprint density at radius 3 is 1.71 bits per heavy atom. The van der Waals surface area contributed by atoms with E-state index in [9.17, 15) is 112 Å². The maximum absolute atomic E-state index is 12.9. The maximum Gasteiger partial charge on any atom is 0.217 e. The van der Waals surface area contributed by atoms with Gasteiger partial charge in [-0.2, -0.15) is 0 Å². The van der Waals surface area contributed by atoms with Crippen molar-refractivity contribution in [2.24, 2.45) is 34.0 Å². The molecule has 0 spiro atoms. The van der Waals surface area contributed by atoms with Crippen molar-refractivity contribution >= 4 is 5.91 Å². The van der Waals surface area contributed by atoms with Gasteiger partial charge in [0.05, 0.1) is 69.7 Å². The molecule has 0 radical (unpaired) electrons. The van der Waals surface area contributed by atoms with Gasteiger partial charge in [0, 0.05) is 12.8 Å². The van der Waals surface area contributed by atoms with E-state index in [-0.39, 0.29) is 31.1 Å². The summed E-state index contributed by atoms with van der Waals surface area (Å²) < 4.78 is 72.1. The van der Waals surface area contributed by atoms with Crippen molar-refractivity contribution in [1.29, 1.82) is 0 Å². The lowest BCUT2D eigenvalue weighted by Gasteiger charge is -2.64. The SMILES string of the molecule is CC(=O)N[C@H]1[C@H](O[C@H]2[C@H](O[C@H]3[C@H](O[C@H]4CC[C@]5(C)[C@H]6C[C@@H](O)[C@@H]([C@](C)(O)CC/C=C(\C)C[C@H](O)[C@@H](O)[C@@](C)(O)CO[C@@H]7O[C@H](CO)[C@@H](O)[C@H](O)[C@H]7O)[C@]6(C)CC[C@H]5C4(C)C)O[C@H](CO[C@@H]4OC[C@@H](O)[C@H](O)[C@H]4O)[C@@H](O)[C@@H]3O)O[C@@H](C)[C@H](O)[C@H]2O)O[C@H](CO)[C@@H](O)[C@@H]1O[C@@H]1OC[C@H](O)[C@H](O)[C@H]1O. The molecule has 3 saturated carbocycles. The van der Waals surface area contributed by atoms with Crippen molar-refractivity contribution in [2.75, 3.05) is 39.6 Å². The van der Waals surface area contributed by atoms with E-state index in [4.69, 9.17) is 56.8 Å². The second-order valence-corrected chi connectivity index (χ2v) is 31.2. The number of allylic oxidation sites excluding steroid dienone is 1. The number of rotatable bonds is 25. The number of fused-ring (bicyclic) bond motifs is 3. The monoisotopic (exact) mass is 1460 g/mol. The second-order valence-electron chi connectivity index (χ2n) is 31.2. The molecule has 3 aliphatic carbocycles. The molecule has 39 atom stereocenters. The van der Waals surface area contributed by atoms with Gasteiger partial charge >= 0.3 is 0 Å². The highest BCUT2D eigenvalue weighted by atomic mass is 16.8. The van der Waals surface area contributed by atoms with E-state index in [0.717, 1.165) is 6.92 Å². The minimum absolute atomic E-state index is 0.119. The molecule has 0 aromatic rings. The van der Waals surface area contributed by atoms with E-state index in [1.54, 1.807) is 19.9 Å². The van der Waals surface area contributed by atoms with Crippen LogP contribution in [0.4, 0.5) is 0 Å². The third-order valence-corrected chi connectivity index (χ3v) is 23.5. The molecule has 0 aromatic carbocycles. The van der Waals surface area contributed by atoms with Crippen molar-refractivity contribution in [3.8, 4) is 0 Å². The van der Waals surface area contributed by atoms with Gasteiger partial charge in [0.15, 0.2) is 37.7 Å². The van der Waals surface area contributed by atoms with Gasteiger partial charge in [-0.1, -0.05) is 39.3 Å². The molecule has 0 unspecified atom stereocenters. The zero-order valence-corrected chi connectivity index (χ0v) is 58.4. The topological polar surface area (TPSA) is 565 Å². The van der Waals surface area contributed by atoms with Crippen LogP contribution in [0.2, 0.25) is 0 Å². The van der Waals surface area contributed by atoms with Crippen molar-refractivity contribution in [3.05, 3.63) is 11.6 Å². The predicted octanol–water partition coefficient (Wildman–Crippen LogP) is -7.69. The minimum atomic E-state index is -2.12. The molecule has 1 amide bonds. The van der Waals surface area contributed by atoms with Crippen molar-refractivity contribution < 1.29 is 169 Å². The number of nitrogens with one attached hydrogen (secondary N) is 1. The molecular weight excluding hydrogens is 1350 g/mol. The highest BCUT2D eigenvalue weighted by molar-refractivity contribution is 5.73. The molecule has 9 fully saturated rings. The van der Waals surface area contributed by atoms with Crippen LogP contribution >= 0.6 is 0 Å². The Labute approximate surface area is 584 Å². The summed E-state index contributed by atoms with van der Waals surface area (Å²) in [5.74, 6) is -1.68. The Balaban J connectivity index is 0.912. The Bertz CT molecular complexity index is 2700. The van der Waals surface area contributed by atoms with E-state index < -0.39 is 275 Å². The first-order chi connectivity index (χ1) is 47.1. The van der Waals surface area contributed by atoms with Crippen LogP contribution in [0.25, 0.3) is 0 Å². The Kier molecular flexibility index (Phi) is 27.1. The zero-order chi connectivity index (χ0) is 74.7. The summed E-state index contributed by atoms with van der Waals surface area (Å²) in [5.41, 5.74) is -4.87. The zero-order valence-electron chi connectivity index (χ0n) is 58.4. The lowest BCUT2D eigenvalue weighted by atomic mass is 9.42. The van der Waals surface area contributed by atoms with E-state index in [2.05, 4.69) is 19.2 Å². The molecule has 6 saturated heterocycles. The van der Waals surface area contributed by atoms with Crippen LogP contribution in [-0.2, 0) is 61.6 Å². The molecule has 22 N–H and O–H groups in total. The van der Waals surface area contributed by atoms with E-state index in [0.29, 0.717) is 37.7 Å². The quantitative estimate of drug-likeness (QED) is 0.0298. The molecule has 35 nitrogen and oxygen atoms in total. The highest BCUT2D eigenvalue weighted by Crippen LogP contribution is 2.71. The van der Waals surface area contributed by atoms with Crippen LogP contribution in [0.15, 0.2) is 11.6 Å². The van der Waals surface area contributed by atoms with Crippen LogP contribution in [0, 0.1) is 34.0 Å². The number of amides is 1. The fourth-order valence-electron chi connectivity index (χ4n) is 17.8. The van der Waals surface area contributed by atoms with Crippen LogP contribution in [-0.4, -0.2) is 360 Å². The number of aliphatic hydroxyl groups excluding tert-OH is 19. The molecule has 6 aliphatic heterocycles.